The van der Waals surface area contributed by atoms with Crippen molar-refractivity contribution in [1.29, 1.82) is 0 Å². The molecule has 4 heteroatoms. The maximum atomic E-state index is 4.69. The Balaban J connectivity index is 1.67. The summed E-state index contributed by atoms with van der Waals surface area (Å²) in [6, 6.07) is 1.25. The smallest absolute Gasteiger partial charge is 0.110 e. The fourth-order valence-electron chi connectivity index (χ4n) is 2.48. The van der Waals surface area contributed by atoms with E-state index in [1.165, 1.54) is 47.9 Å². The number of aromatic nitrogens is 1. The molecule has 94 valence electrons. The van der Waals surface area contributed by atoms with Crippen molar-refractivity contribution in [1.82, 2.24) is 10.3 Å². The number of thioether (sulfide) groups is 1. The highest BCUT2D eigenvalue weighted by Gasteiger charge is 2.35. The summed E-state index contributed by atoms with van der Waals surface area (Å²) in [7, 11) is 0. The van der Waals surface area contributed by atoms with E-state index in [1.54, 1.807) is 0 Å². The molecule has 3 rings (SSSR count). The first-order valence-electron chi connectivity index (χ1n) is 6.59. The van der Waals surface area contributed by atoms with Crippen LogP contribution in [0.25, 0.3) is 0 Å². The lowest BCUT2D eigenvalue weighted by Crippen LogP contribution is -2.37. The Labute approximate surface area is 112 Å². The van der Waals surface area contributed by atoms with Gasteiger partial charge in [0.25, 0.3) is 0 Å². The van der Waals surface area contributed by atoms with Gasteiger partial charge in [-0.3, -0.25) is 0 Å². The number of hydrogen-bond donors (Lipinski definition) is 1. The largest absolute Gasteiger partial charge is 0.304 e. The summed E-state index contributed by atoms with van der Waals surface area (Å²) in [5.74, 6) is 3.49. The molecule has 0 bridgehead atoms. The minimum absolute atomic E-state index is 0.539. The van der Waals surface area contributed by atoms with Crippen LogP contribution in [-0.2, 0) is 0 Å². The normalized spacial score (nSPS) is 27.0. The number of hydrogen-bond acceptors (Lipinski definition) is 4. The van der Waals surface area contributed by atoms with E-state index in [4.69, 9.17) is 0 Å². The molecule has 2 heterocycles. The Morgan fingerprint density at radius 2 is 2.29 bits per heavy atom. The van der Waals surface area contributed by atoms with E-state index in [9.17, 15) is 0 Å². The van der Waals surface area contributed by atoms with Crippen LogP contribution >= 0.6 is 23.1 Å². The van der Waals surface area contributed by atoms with Crippen LogP contribution in [0.15, 0.2) is 5.38 Å². The molecule has 1 aliphatic heterocycles. The Kier molecular flexibility index (Phi) is 3.73. The minimum atomic E-state index is 0.539. The Morgan fingerprint density at radius 3 is 2.88 bits per heavy atom. The van der Waals surface area contributed by atoms with Gasteiger partial charge >= 0.3 is 0 Å². The lowest BCUT2D eigenvalue weighted by molar-refractivity contribution is 0.401. The molecule has 2 fully saturated rings. The maximum Gasteiger partial charge on any atom is 0.110 e. The Bertz CT molecular complexity index is 367. The molecule has 1 N–H and O–H groups in total. The number of nitrogens with one attached hydrogen (secondary N) is 1. The first-order valence-corrected chi connectivity index (χ1v) is 8.62. The van der Waals surface area contributed by atoms with Gasteiger partial charge in [-0.15, -0.1) is 11.3 Å². The van der Waals surface area contributed by atoms with Crippen LogP contribution in [0, 0.1) is 12.8 Å². The van der Waals surface area contributed by atoms with Gasteiger partial charge in [0, 0.05) is 22.9 Å². The molecule has 1 saturated carbocycles. The van der Waals surface area contributed by atoms with Gasteiger partial charge in [0.05, 0.1) is 6.04 Å². The van der Waals surface area contributed by atoms with Crippen molar-refractivity contribution >= 4 is 23.1 Å². The van der Waals surface area contributed by atoms with Crippen LogP contribution in [-0.4, -0.2) is 22.5 Å². The average molecular weight is 268 g/mol. The lowest BCUT2D eigenvalue weighted by atomic mass is 10.1. The minimum Gasteiger partial charge on any atom is -0.304 e. The molecule has 0 radical (unpaired) electrons. The van der Waals surface area contributed by atoms with E-state index < -0.39 is 0 Å². The van der Waals surface area contributed by atoms with Gasteiger partial charge in [-0.1, -0.05) is 0 Å². The third-order valence-corrected chi connectivity index (χ3v) is 5.83. The van der Waals surface area contributed by atoms with Gasteiger partial charge in [-0.05, 0) is 44.3 Å². The molecule has 0 amide bonds. The topological polar surface area (TPSA) is 24.9 Å². The van der Waals surface area contributed by atoms with Crippen molar-refractivity contribution in [3.05, 3.63) is 16.1 Å². The lowest BCUT2D eigenvalue weighted by Gasteiger charge is -2.27. The van der Waals surface area contributed by atoms with E-state index in [0.717, 1.165) is 5.92 Å². The highest BCUT2D eigenvalue weighted by atomic mass is 32.2. The van der Waals surface area contributed by atoms with Crippen molar-refractivity contribution in [3.63, 3.8) is 0 Å². The van der Waals surface area contributed by atoms with Gasteiger partial charge in [-0.2, -0.15) is 11.8 Å². The molecule has 17 heavy (non-hydrogen) atoms. The zero-order valence-corrected chi connectivity index (χ0v) is 11.9. The first kappa shape index (κ1) is 12.0. The second-order valence-electron chi connectivity index (χ2n) is 5.22. The van der Waals surface area contributed by atoms with Crippen LogP contribution in [0.4, 0.5) is 0 Å². The van der Waals surface area contributed by atoms with Gasteiger partial charge in [0.1, 0.15) is 5.01 Å². The molecule has 1 aromatic heterocycles. The third kappa shape index (κ3) is 3.04. The standard InChI is InChI=1S/C13H20N2S2/c1-9-7-17-13(14-9)12(10-4-5-10)15-11-3-2-6-16-8-11/h7,10-12,15H,2-6,8H2,1H3/t11-,12+/m1/s1. The van der Waals surface area contributed by atoms with E-state index in [0.29, 0.717) is 12.1 Å². The molecule has 2 nitrogen and oxygen atoms in total. The second kappa shape index (κ2) is 5.29. The SMILES string of the molecule is Cc1csc([C@@H](N[C@@H]2CCCSC2)C2CC2)n1. The molecule has 2 atom stereocenters. The molecule has 0 aromatic carbocycles. The summed E-state index contributed by atoms with van der Waals surface area (Å²) in [6.45, 7) is 2.10. The van der Waals surface area contributed by atoms with Crippen molar-refractivity contribution in [3.8, 4) is 0 Å². The summed E-state index contributed by atoms with van der Waals surface area (Å²) in [6.07, 6.45) is 5.49. The van der Waals surface area contributed by atoms with Crippen molar-refractivity contribution in [2.24, 2.45) is 5.92 Å². The van der Waals surface area contributed by atoms with Crippen LogP contribution in [0.1, 0.15) is 42.4 Å². The molecule has 1 aliphatic carbocycles. The van der Waals surface area contributed by atoms with E-state index in [-0.39, 0.29) is 0 Å². The van der Waals surface area contributed by atoms with Gasteiger partial charge in [0.15, 0.2) is 0 Å². The average Bonchev–Trinajstić information content (AvgIpc) is 3.10. The fraction of sp³-hybridized carbons (Fsp3) is 0.769. The van der Waals surface area contributed by atoms with Gasteiger partial charge in [0.2, 0.25) is 0 Å². The molecule has 1 aromatic rings. The molecule has 1 saturated heterocycles. The fourth-order valence-corrected chi connectivity index (χ4v) is 4.51. The van der Waals surface area contributed by atoms with Gasteiger partial charge < -0.3 is 5.32 Å². The van der Waals surface area contributed by atoms with Crippen LogP contribution in [0.2, 0.25) is 0 Å². The highest BCUT2D eigenvalue weighted by Crippen LogP contribution is 2.42. The maximum absolute atomic E-state index is 4.69. The Hall–Kier alpha value is -0.0600. The molecule has 2 aliphatic rings. The first-order chi connectivity index (χ1) is 8.33. The summed E-state index contributed by atoms with van der Waals surface area (Å²) in [5, 5.41) is 7.38. The third-order valence-electron chi connectivity index (χ3n) is 3.57. The zero-order chi connectivity index (χ0) is 11.7. The predicted molar refractivity (Wildman–Crippen MR) is 75.8 cm³/mol. The number of aryl methyl sites for hydroxylation is 1. The highest BCUT2D eigenvalue weighted by molar-refractivity contribution is 7.99. The van der Waals surface area contributed by atoms with E-state index in [1.807, 2.05) is 11.3 Å². The van der Waals surface area contributed by atoms with Gasteiger partial charge in [-0.25, -0.2) is 4.98 Å². The number of rotatable bonds is 4. The van der Waals surface area contributed by atoms with Crippen LogP contribution in [0.3, 0.4) is 0 Å². The molecule has 0 unspecified atom stereocenters. The second-order valence-corrected chi connectivity index (χ2v) is 7.26. The van der Waals surface area contributed by atoms with Crippen LogP contribution in [0.5, 0.6) is 0 Å². The number of thiazole rings is 1. The van der Waals surface area contributed by atoms with Crippen molar-refractivity contribution < 1.29 is 0 Å². The van der Waals surface area contributed by atoms with Crippen molar-refractivity contribution in [2.75, 3.05) is 11.5 Å². The molecular weight excluding hydrogens is 248 g/mol. The predicted octanol–water partition coefficient (Wildman–Crippen LogP) is 3.39. The zero-order valence-electron chi connectivity index (χ0n) is 10.3. The summed E-state index contributed by atoms with van der Waals surface area (Å²) in [4.78, 5) is 4.69. The summed E-state index contributed by atoms with van der Waals surface area (Å²) < 4.78 is 0. The quantitative estimate of drug-likeness (QED) is 0.906. The van der Waals surface area contributed by atoms with E-state index >= 15 is 0 Å². The molecule has 0 spiro atoms. The van der Waals surface area contributed by atoms with Crippen LogP contribution < -0.4 is 5.32 Å². The van der Waals surface area contributed by atoms with E-state index in [2.05, 4.69) is 34.4 Å². The monoisotopic (exact) mass is 268 g/mol. The molecular formula is C13H20N2S2. The number of nitrogens with zero attached hydrogens (tertiary/aromatic N) is 1. The summed E-state index contributed by atoms with van der Waals surface area (Å²) in [5.41, 5.74) is 1.18. The van der Waals surface area contributed by atoms with Crippen molar-refractivity contribution in [2.45, 2.75) is 44.7 Å². The Morgan fingerprint density at radius 1 is 1.41 bits per heavy atom. The summed E-state index contributed by atoms with van der Waals surface area (Å²) >= 11 is 3.93.